The first-order valence-corrected chi connectivity index (χ1v) is 11.1. The van der Waals surface area contributed by atoms with Gasteiger partial charge >= 0.3 is 0 Å². The van der Waals surface area contributed by atoms with Crippen LogP contribution in [0.25, 0.3) is 0 Å². The highest BCUT2D eigenvalue weighted by Crippen LogP contribution is 2.20. The molecule has 0 aliphatic heterocycles. The Labute approximate surface area is 188 Å². The Morgan fingerprint density at radius 2 is 1.72 bits per heavy atom. The lowest BCUT2D eigenvalue weighted by atomic mass is 9.95. The molecule has 0 radical (unpaired) electrons. The molecule has 0 aromatic heterocycles. The van der Waals surface area contributed by atoms with Crippen molar-refractivity contribution in [2.24, 2.45) is 0 Å². The lowest BCUT2D eigenvalue weighted by Gasteiger charge is -2.31. The number of nitrogens with zero attached hydrogens (tertiary/aromatic N) is 1. The average Bonchev–Trinajstić information content (AvgIpc) is 2.82. The van der Waals surface area contributed by atoms with Gasteiger partial charge in [0.15, 0.2) is 6.61 Å². The molecule has 7 heteroatoms. The van der Waals surface area contributed by atoms with Crippen LogP contribution in [0.15, 0.2) is 48.5 Å². The van der Waals surface area contributed by atoms with Gasteiger partial charge in [-0.2, -0.15) is 0 Å². The molecule has 2 amide bonds. The summed E-state index contributed by atoms with van der Waals surface area (Å²) in [7, 11) is 1.57. The van der Waals surface area contributed by atoms with Crippen molar-refractivity contribution in [2.45, 2.75) is 57.7 Å². The lowest BCUT2D eigenvalue weighted by molar-refractivity contribution is -0.142. The normalized spacial score (nSPS) is 15.0. The number of benzene rings is 2. The van der Waals surface area contributed by atoms with Gasteiger partial charge in [-0.05, 0) is 50.1 Å². The summed E-state index contributed by atoms with van der Waals surface area (Å²) in [5, 5.41) is 3.06. The van der Waals surface area contributed by atoms with Gasteiger partial charge in [0.1, 0.15) is 23.4 Å². The number of ether oxygens (including phenoxy) is 2. The van der Waals surface area contributed by atoms with Crippen LogP contribution < -0.4 is 14.8 Å². The Balaban J connectivity index is 1.70. The molecule has 172 valence electrons. The smallest absolute Gasteiger partial charge is 0.261 e. The van der Waals surface area contributed by atoms with E-state index in [1.165, 1.54) is 17.4 Å². The molecular weight excluding hydrogens is 411 g/mol. The van der Waals surface area contributed by atoms with Gasteiger partial charge in [0.25, 0.3) is 5.91 Å². The number of halogens is 1. The van der Waals surface area contributed by atoms with Crippen molar-refractivity contribution in [2.75, 3.05) is 13.7 Å². The van der Waals surface area contributed by atoms with Crippen molar-refractivity contribution < 1.29 is 23.5 Å². The number of hydrogen-bond donors (Lipinski definition) is 1. The number of carbonyl (C=O) groups excluding carboxylic acids is 2. The standard InChI is InChI=1S/C25H31FN2O4/c1-18(25(30)27-20-9-4-3-5-10-20)28(16-19-8-6-7-11-23(19)26)24(29)17-32-22-14-12-21(31-2)13-15-22/h6-8,11-15,18,20H,3-5,9-10,16-17H2,1-2H3,(H,27,30)/t18-/m1/s1. The third-order valence-electron chi connectivity index (χ3n) is 5.84. The summed E-state index contributed by atoms with van der Waals surface area (Å²) in [6, 6.07) is 12.5. The zero-order valence-corrected chi connectivity index (χ0v) is 18.7. The van der Waals surface area contributed by atoms with Crippen LogP contribution in [-0.4, -0.2) is 42.5 Å². The molecule has 1 N–H and O–H groups in total. The molecule has 1 aliphatic carbocycles. The summed E-state index contributed by atoms with van der Waals surface area (Å²) in [6.07, 6.45) is 5.25. The fourth-order valence-electron chi connectivity index (χ4n) is 3.86. The second-order valence-electron chi connectivity index (χ2n) is 8.10. The number of carbonyl (C=O) groups is 2. The van der Waals surface area contributed by atoms with Crippen LogP contribution in [0.1, 0.15) is 44.6 Å². The highest BCUT2D eigenvalue weighted by atomic mass is 19.1. The summed E-state index contributed by atoms with van der Waals surface area (Å²) in [4.78, 5) is 27.4. The first kappa shape index (κ1) is 23.6. The Morgan fingerprint density at radius 3 is 2.38 bits per heavy atom. The Hall–Kier alpha value is -3.09. The van der Waals surface area contributed by atoms with E-state index in [2.05, 4.69) is 5.32 Å². The third-order valence-corrected chi connectivity index (χ3v) is 5.84. The van der Waals surface area contributed by atoms with Gasteiger partial charge in [-0.3, -0.25) is 9.59 Å². The molecule has 1 atom stereocenters. The van der Waals surface area contributed by atoms with E-state index >= 15 is 0 Å². The molecule has 2 aromatic rings. The van der Waals surface area contributed by atoms with E-state index in [1.54, 1.807) is 56.5 Å². The van der Waals surface area contributed by atoms with E-state index in [9.17, 15) is 14.0 Å². The van der Waals surface area contributed by atoms with E-state index in [1.807, 2.05) is 0 Å². The van der Waals surface area contributed by atoms with Gasteiger partial charge in [-0.25, -0.2) is 4.39 Å². The Bertz CT molecular complexity index is 897. The van der Waals surface area contributed by atoms with Crippen LogP contribution in [0.2, 0.25) is 0 Å². The number of nitrogens with one attached hydrogen (secondary N) is 1. The van der Waals surface area contributed by atoms with Crippen molar-refractivity contribution in [1.82, 2.24) is 10.2 Å². The molecule has 6 nitrogen and oxygen atoms in total. The minimum atomic E-state index is -0.761. The van der Waals surface area contributed by atoms with Crippen molar-refractivity contribution in [3.05, 3.63) is 59.9 Å². The maximum Gasteiger partial charge on any atom is 0.261 e. The monoisotopic (exact) mass is 442 g/mol. The van der Waals surface area contributed by atoms with E-state index in [4.69, 9.17) is 9.47 Å². The second kappa shape index (κ2) is 11.5. The van der Waals surface area contributed by atoms with Crippen molar-refractivity contribution in [1.29, 1.82) is 0 Å². The van der Waals surface area contributed by atoms with E-state index in [0.29, 0.717) is 17.1 Å². The predicted molar refractivity (Wildman–Crippen MR) is 120 cm³/mol. The quantitative estimate of drug-likeness (QED) is 0.636. The van der Waals surface area contributed by atoms with Crippen molar-refractivity contribution in [3.63, 3.8) is 0 Å². The second-order valence-corrected chi connectivity index (χ2v) is 8.10. The maximum absolute atomic E-state index is 14.3. The van der Waals surface area contributed by atoms with Gasteiger partial charge in [-0.1, -0.05) is 37.5 Å². The number of amides is 2. The summed E-state index contributed by atoms with van der Waals surface area (Å²) >= 11 is 0. The number of rotatable bonds is 9. The molecule has 1 fully saturated rings. The maximum atomic E-state index is 14.3. The summed E-state index contributed by atoms with van der Waals surface area (Å²) < 4.78 is 25.0. The van der Waals surface area contributed by atoms with Gasteiger partial charge in [-0.15, -0.1) is 0 Å². The van der Waals surface area contributed by atoms with Gasteiger partial charge in [0.2, 0.25) is 5.91 Å². The fourth-order valence-corrected chi connectivity index (χ4v) is 3.86. The highest BCUT2D eigenvalue weighted by Gasteiger charge is 2.29. The molecule has 1 saturated carbocycles. The molecule has 32 heavy (non-hydrogen) atoms. The zero-order chi connectivity index (χ0) is 22.9. The molecule has 0 unspecified atom stereocenters. The molecule has 1 aliphatic rings. The van der Waals surface area contributed by atoms with Gasteiger partial charge in [0.05, 0.1) is 7.11 Å². The van der Waals surface area contributed by atoms with Crippen molar-refractivity contribution in [3.8, 4) is 11.5 Å². The van der Waals surface area contributed by atoms with E-state index in [-0.39, 0.29) is 25.1 Å². The van der Waals surface area contributed by atoms with Crippen LogP contribution in [0.4, 0.5) is 4.39 Å². The van der Waals surface area contributed by atoms with E-state index < -0.39 is 17.8 Å². The third kappa shape index (κ3) is 6.45. The Kier molecular flexibility index (Phi) is 8.48. The van der Waals surface area contributed by atoms with Crippen LogP contribution in [0, 0.1) is 5.82 Å². The number of hydrogen-bond acceptors (Lipinski definition) is 4. The largest absolute Gasteiger partial charge is 0.497 e. The lowest BCUT2D eigenvalue weighted by Crippen LogP contribution is -2.51. The minimum Gasteiger partial charge on any atom is -0.497 e. The zero-order valence-electron chi connectivity index (χ0n) is 18.7. The van der Waals surface area contributed by atoms with Crippen LogP contribution in [-0.2, 0) is 16.1 Å². The summed E-state index contributed by atoms with van der Waals surface area (Å²) in [5.41, 5.74) is 0.350. The first-order chi connectivity index (χ1) is 15.5. The van der Waals surface area contributed by atoms with Crippen LogP contribution in [0.3, 0.4) is 0 Å². The molecule has 0 spiro atoms. The SMILES string of the molecule is COc1ccc(OCC(=O)N(Cc2ccccc2F)[C@H](C)C(=O)NC2CCCCC2)cc1. The van der Waals surface area contributed by atoms with Gasteiger partial charge < -0.3 is 19.7 Å². The molecular formula is C25H31FN2O4. The van der Waals surface area contributed by atoms with Gasteiger partial charge in [0, 0.05) is 18.2 Å². The predicted octanol–water partition coefficient (Wildman–Crippen LogP) is 4.08. The Morgan fingerprint density at radius 1 is 1.06 bits per heavy atom. The topological polar surface area (TPSA) is 67.9 Å². The first-order valence-electron chi connectivity index (χ1n) is 11.1. The van der Waals surface area contributed by atoms with E-state index in [0.717, 1.165) is 25.7 Å². The fraction of sp³-hybridized carbons (Fsp3) is 0.440. The summed E-state index contributed by atoms with van der Waals surface area (Å²) in [6.45, 7) is 1.39. The minimum absolute atomic E-state index is 0.0171. The van der Waals surface area contributed by atoms with Crippen LogP contribution in [0.5, 0.6) is 11.5 Å². The molecule has 0 saturated heterocycles. The van der Waals surface area contributed by atoms with Crippen molar-refractivity contribution >= 4 is 11.8 Å². The number of methoxy groups -OCH3 is 1. The average molecular weight is 443 g/mol. The molecule has 3 rings (SSSR count). The highest BCUT2D eigenvalue weighted by molar-refractivity contribution is 5.88. The molecule has 0 bridgehead atoms. The van der Waals surface area contributed by atoms with Crippen LogP contribution >= 0.6 is 0 Å². The molecule has 2 aromatic carbocycles. The molecule has 0 heterocycles. The summed E-state index contributed by atoms with van der Waals surface area (Å²) in [5.74, 6) is 0.143.